The van der Waals surface area contributed by atoms with Crippen LogP contribution in [0.2, 0.25) is 0 Å². The van der Waals surface area contributed by atoms with E-state index >= 15 is 0 Å². The van der Waals surface area contributed by atoms with E-state index in [0.29, 0.717) is 5.39 Å². The van der Waals surface area contributed by atoms with Gasteiger partial charge in [-0.15, -0.1) is 0 Å². The molecule has 0 radical (unpaired) electrons. The third kappa shape index (κ3) is 2.05. The summed E-state index contributed by atoms with van der Waals surface area (Å²) in [6.45, 7) is 1.01. The van der Waals surface area contributed by atoms with Gasteiger partial charge in [0.1, 0.15) is 24.0 Å². The van der Waals surface area contributed by atoms with Crippen LogP contribution in [0.4, 0.5) is 4.39 Å². The fraction of sp³-hybridized carbons (Fsp3) is 0.500. The van der Waals surface area contributed by atoms with E-state index in [9.17, 15) is 19.4 Å². The van der Waals surface area contributed by atoms with E-state index in [2.05, 4.69) is 9.97 Å². The smallest absolute Gasteiger partial charge is 0.351 e. The summed E-state index contributed by atoms with van der Waals surface area (Å²) >= 11 is 0. The second-order valence-corrected chi connectivity index (χ2v) is 4.99. The van der Waals surface area contributed by atoms with Crippen molar-refractivity contribution >= 4 is 11.0 Å². The molecule has 1 saturated heterocycles. The minimum atomic E-state index is -1.40. The van der Waals surface area contributed by atoms with Crippen molar-refractivity contribution in [2.45, 2.75) is 31.5 Å². The molecule has 8 nitrogen and oxygen atoms in total. The van der Waals surface area contributed by atoms with Crippen molar-refractivity contribution in [3.8, 4) is 0 Å². The number of aromatic amines is 1. The molecular weight excluding hydrogens is 285 g/mol. The van der Waals surface area contributed by atoms with Gasteiger partial charge in [-0.25, -0.2) is 4.79 Å². The molecule has 4 unspecified atom stereocenters. The van der Waals surface area contributed by atoms with Crippen LogP contribution < -0.4 is 5.69 Å². The van der Waals surface area contributed by atoms with Crippen molar-refractivity contribution in [3.63, 3.8) is 0 Å². The Labute approximate surface area is 117 Å². The van der Waals surface area contributed by atoms with Crippen LogP contribution in [0.25, 0.3) is 11.0 Å². The molecule has 114 valence electrons. The van der Waals surface area contributed by atoms with Crippen LogP contribution >= 0.6 is 0 Å². The summed E-state index contributed by atoms with van der Waals surface area (Å²) < 4.78 is 19.7. The van der Waals surface area contributed by atoms with Crippen molar-refractivity contribution in [1.29, 1.82) is 0 Å². The Morgan fingerprint density at radius 3 is 2.81 bits per heavy atom. The molecule has 0 amide bonds. The number of H-pyrrole nitrogens is 1. The highest BCUT2D eigenvalue weighted by molar-refractivity contribution is 5.78. The Kier molecular flexibility index (Phi) is 3.29. The first-order chi connectivity index (χ1) is 9.93. The number of rotatable bonds is 2. The normalized spacial score (nSPS) is 29.4. The third-order valence-corrected chi connectivity index (χ3v) is 3.70. The van der Waals surface area contributed by atoms with E-state index in [1.165, 1.54) is 13.1 Å². The van der Waals surface area contributed by atoms with Gasteiger partial charge in [0.15, 0.2) is 12.2 Å². The highest BCUT2D eigenvalue weighted by Crippen LogP contribution is 2.29. The van der Waals surface area contributed by atoms with E-state index in [-0.39, 0.29) is 11.2 Å². The van der Waals surface area contributed by atoms with Gasteiger partial charge in [-0.05, 0) is 6.92 Å². The van der Waals surface area contributed by atoms with Crippen LogP contribution in [-0.4, -0.2) is 54.8 Å². The van der Waals surface area contributed by atoms with Crippen molar-refractivity contribution < 1.29 is 24.4 Å². The van der Waals surface area contributed by atoms with Crippen LogP contribution in [-0.2, 0) is 4.74 Å². The zero-order valence-electron chi connectivity index (χ0n) is 11.0. The molecule has 0 aliphatic carbocycles. The predicted molar refractivity (Wildman–Crippen MR) is 68.1 cm³/mol. The zero-order chi connectivity index (χ0) is 15.3. The lowest BCUT2D eigenvalue weighted by molar-refractivity contribution is -0.0547. The number of fused-ring (bicyclic) bond motifs is 1. The van der Waals surface area contributed by atoms with Crippen molar-refractivity contribution in [3.05, 3.63) is 28.2 Å². The molecule has 3 rings (SSSR count). The monoisotopic (exact) mass is 299 g/mol. The molecule has 3 heterocycles. The molecule has 4 atom stereocenters. The topological polar surface area (TPSA) is 121 Å². The first kappa shape index (κ1) is 14.1. The fourth-order valence-electron chi connectivity index (χ4n) is 2.45. The van der Waals surface area contributed by atoms with Gasteiger partial charge in [0.25, 0.3) is 0 Å². The second-order valence-electron chi connectivity index (χ2n) is 4.99. The summed E-state index contributed by atoms with van der Waals surface area (Å²) in [7, 11) is 0. The predicted octanol–water partition coefficient (Wildman–Crippen LogP) is -1.22. The number of nitrogens with one attached hydrogen (secondary N) is 1. The maximum Gasteiger partial charge on any atom is 0.351 e. The lowest BCUT2D eigenvalue weighted by Gasteiger charge is -2.17. The standard InChI is InChI=1S/C12H14FN3O5/c1-4-5-2-16(12(20)15-10(5)14-9(4)13)11-8(19)7(18)6(3-17)21-11/h2,6-8,11,17-19H,3H2,1H3,(H,14,15,20). The number of hydrogen-bond donors (Lipinski definition) is 4. The van der Waals surface area contributed by atoms with Crippen LogP contribution in [0.1, 0.15) is 11.8 Å². The molecule has 0 saturated carbocycles. The SMILES string of the molecule is Cc1c(F)[nH]c2nc(=O)n(C3OC(CO)C(O)C3O)cc12. The molecule has 2 aromatic rings. The van der Waals surface area contributed by atoms with Gasteiger partial charge in [0.05, 0.1) is 6.61 Å². The van der Waals surface area contributed by atoms with Crippen LogP contribution in [0.5, 0.6) is 0 Å². The van der Waals surface area contributed by atoms with E-state index < -0.39 is 42.8 Å². The third-order valence-electron chi connectivity index (χ3n) is 3.70. The molecule has 2 aromatic heterocycles. The van der Waals surface area contributed by atoms with E-state index in [4.69, 9.17) is 9.84 Å². The molecule has 0 bridgehead atoms. The number of aliphatic hydroxyl groups is 3. The Morgan fingerprint density at radius 2 is 2.19 bits per heavy atom. The highest BCUT2D eigenvalue weighted by atomic mass is 19.1. The van der Waals surface area contributed by atoms with E-state index in [1.807, 2.05) is 0 Å². The summed E-state index contributed by atoms with van der Waals surface area (Å²) in [6, 6.07) is 0. The average Bonchev–Trinajstić information content (AvgIpc) is 2.88. The van der Waals surface area contributed by atoms with E-state index in [1.54, 1.807) is 0 Å². The molecule has 9 heteroatoms. The van der Waals surface area contributed by atoms with Crippen LogP contribution in [0.3, 0.4) is 0 Å². The molecule has 0 aromatic carbocycles. The van der Waals surface area contributed by atoms with E-state index in [0.717, 1.165) is 4.57 Å². The number of ether oxygens (including phenoxy) is 1. The van der Waals surface area contributed by atoms with Gasteiger partial charge in [0, 0.05) is 17.1 Å². The van der Waals surface area contributed by atoms with Crippen molar-refractivity contribution in [2.24, 2.45) is 0 Å². The van der Waals surface area contributed by atoms with Gasteiger partial charge in [0.2, 0.25) is 0 Å². The van der Waals surface area contributed by atoms with Gasteiger partial charge in [-0.3, -0.25) is 4.57 Å². The summed E-state index contributed by atoms with van der Waals surface area (Å²) in [5.74, 6) is -0.601. The fourth-order valence-corrected chi connectivity index (χ4v) is 2.45. The van der Waals surface area contributed by atoms with Gasteiger partial charge >= 0.3 is 5.69 Å². The van der Waals surface area contributed by atoms with Crippen LogP contribution in [0, 0.1) is 12.9 Å². The number of halogens is 1. The average molecular weight is 299 g/mol. The maximum atomic E-state index is 13.5. The quantitative estimate of drug-likeness (QED) is 0.552. The first-order valence-electron chi connectivity index (χ1n) is 6.33. The highest BCUT2D eigenvalue weighted by Gasteiger charge is 2.43. The molecule has 1 aliphatic heterocycles. The number of hydrogen-bond acceptors (Lipinski definition) is 6. The Hall–Kier alpha value is -1.81. The van der Waals surface area contributed by atoms with Gasteiger partial charge in [-0.1, -0.05) is 0 Å². The summed E-state index contributed by atoms with van der Waals surface area (Å²) in [5, 5.41) is 29.1. The summed E-state index contributed by atoms with van der Waals surface area (Å²) in [4.78, 5) is 18.0. The van der Waals surface area contributed by atoms with Crippen molar-refractivity contribution in [2.75, 3.05) is 6.61 Å². The molecule has 1 aliphatic rings. The Balaban J connectivity index is 2.10. The first-order valence-corrected chi connectivity index (χ1v) is 6.33. The lowest BCUT2D eigenvalue weighted by Crippen LogP contribution is -2.35. The van der Waals surface area contributed by atoms with Crippen LogP contribution in [0.15, 0.2) is 11.0 Å². The molecule has 1 fully saturated rings. The lowest BCUT2D eigenvalue weighted by atomic mass is 10.1. The van der Waals surface area contributed by atoms with Crippen molar-refractivity contribution in [1.82, 2.24) is 14.5 Å². The maximum absolute atomic E-state index is 13.5. The molecular formula is C12H14FN3O5. The summed E-state index contributed by atoms with van der Waals surface area (Å²) in [6.07, 6.45) is -3.62. The molecule has 0 spiro atoms. The Bertz CT molecular complexity index is 742. The number of aliphatic hydroxyl groups excluding tert-OH is 3. The second kappa shape index (κ2) is 4.88. The Morgan fingerprint density at radius 1 is 1.48 bits per heavy atom. The summed E-state index contributed by atoms with van der Waals surface area (Å²) in [5.41, 5.74) is -0.394. The number of aromatic nitrogens is 3. The molecule has 4 N–H and O–H groups in total. The number of aryl methyl sites for hydroxylation is 1. The zero-order valence-corrected chi connectivity index (χ0v) is 11.0. The minimum Gasteiger partial charge on any atom is -0.394 e. The largest absolute Gasteiger partial charge is 0.394 e. The minimum absolute atomic E-state index is 0.0954. The van der Waals surface area contributed by atoms with Gasteiger partial charge in [-0.2, -0.15) is 9.37 Å². The van der Waals surface area contributed by atoms with Gasteiger partial charge < -0.3 is 25.0 Å². The number of nitrogens with zero attached hydrogens (tertiary/aromatic N) is 2. The molecule has 21 heavy (non-hydrogen) atoms.